The van der Waals surface area contributed by atoms with E-state index in [1.54, 1.807) is 20.8 Å². The quantitative estimate of drug-likeness (QED) is 0.0698. The number of imide groups is 2. The minimum absolute atomic E-state index is 0.121. The minimum Gasteiger partial charge on any atom is -0.420 e. The lowest BCUT2D eigenvalue weighted by molar-refractivity contribution is -0.203. The van der Waals surface area contributed by atoms with E-state index in [0.29, 0.717) is 16.2 Å². The van der Waals surface area contributed by atoms with Crippen LogP contribution in [0.4, 0.5) is 30.7 Å². The zero-order chi connectivity index (χ0) is 50.2. The molecule has 2 aliphatic rings. The topological polar surface area (TPSA) is 180 Å². The first-order valence-corrected chi connectivity index (χ1v) is 19.4. The number of hydroxylamine groups is 4. The summed E-state index contributed by atoms with van der Waals surface area (Å²) in [6, 6.07) is 0.707. The van der Waals surface area contributed by atoms with Crippen molar-refractivity contribution >= 4 is 47.5 Å². The third-order valence-electron chi connectivity index (χ3n) is 8.02. The molecular formula is C43H53F7N2O12. The molecule has 0 saturated carbocycles. The third-order valence-corrected chi connectivity index (χ3v) is 8.02. The lowest BCUT2D eigenvalue weighted by Gasteiger charge is -2.19. The van der Waals surface area contributed by atoms with Crippen LogP contribution in [0, 0.1) is 76.2 Å². The lowest BCUT2D eigenvalue weighted by Crippen LogP contribution is -2.36. The molecular weight excluding hydrogens is 869 g/mol. The molecule has 4 rings (SSSR count). The van der Waals surface area contributed by atoms with Crippen molar-refractivity contribution in [2.75, 3.05) is 0 Å². The van der Waals surface area contributed by atoms with Crippen molar-refractivity contribution < 1.29 is 88.2 Å². The first-order chi connectivity index (χ1) is 28.8. The highest BCUT2D eigenvalue weighted by Crippen LogP contribution is 2.32. The van der Waals surface area contributed by atoms with Gasteiger partial charge in [-0.25, -0.2) is 31.5 Å². The van der Waals surface area contributed by atoms with Gasteiger partial charge in [-0.1, -0.05) is 20.8 Å². The van der Waals surface area contributed by atoms with Gasteiger partial charge in [0.15, 0.2) is 29.1 Å². The zero-order valence-corrected chi connectivity index (χ0v) is 38.1. The normalized spacial score (nSPS) is 14.1. The number of hydrogen-bond acceptors (Lipinski definition) is 12. The molecule has 2 fully saturated rings. The Morgan fingerprint density at radius 2 is 0.859 bits per heavy atom. The van der Waals surface area contributed by atoms with Crippen LogP contribution in [0.3, 0.4) is 0 Å². The fourth-order valence-electron chi connectivity index (χ4n) is 4.20. The van der Waals surface area contributed by atoms with Gasteiger partial charge >= 0.3 is 23.9 Å². The van der Waals surface area contributed by atoms with Gasteiger partial charge in [0, 0.05) is 31.2 Å². The highest BCUT2D eigenvalue weighted by molar-refractivity contribution is 6.02. The molecule has 2 aromatic rings. The number of carbonyl (C=O) groups is 8. The van der Waals surface area contributed by atoms with E-state index >= 15 is 0 Å². The Labute approximate surface area is 365 Å². The number of aryl methyl sites for hydroxylation is 1. The molecule has 0 spiro atoms. The second-order valence-corrected chi connectivity index (χ2v) is 18.6. The summed E-state index contributed by atoms with van der Waals surface area (Å²) in [6.45, 7) is 21.7. The Balaban J connectivity index is 0.000000429. The Morgan fingerprint density at radius 3 is 1.22 bits per heavy atom. The SMILES string of the molecule is CC(C)(C)C(=O)ON1C(=O)CCC1=O.CC(C)(C)CC(=O)ON1C(=O)CCC1=O.Cc1c(F)c(F)c(F)c(OC(=O)C(C)(C)C)c1F.Cc1cc(F)c(F)c(OC(=O)C(C)(C)C)c1F. The highest BCUT2D eigenvalue weighted by atomic mass is 19.2. The summed E-state index contributed by atoms with van der Waals surface area (Å²) in [5.74, 6) is -17.5. The minimum atomic E-state index is -1.87. The largest absolute Gasteiger partial charge is 0.420 e. The van der Waals surface area contributed by atoms with Crippen molar-refractivity contribution in [2.24, 2.45) is 21.7 Å². The van der Waals surface area contributed by atoms with Crippen molar-refractivity contribution in [1.29, 1.82) is 0 Å². The van der Waals surface area contributed by atoms with E-state index in [9.17, 15) is 69.1 Å². The number of rotatable bonds is 5. The third kappa shape index (κ3) is 16.0. The van der Waals surface area contributed by atoms with E-state index in [1.165, 1.54) is 48.5 Å². The van der Waals surface area contributed by atoms with Gasteiger partial charge in [0.05, 0.1) is 22.7 Å². The van der Waals surface area contributed by atoms with E-state index in [4.69, 9.17) is 9.68 Å². The van der Waals surface area contributed by atoms with Gasteiger partial charge in [0.1, 0.15) is 0 Å². The van der Waals surface area contributed by atoms with Gasteiger partial charge in [0.25, 0.3) is 23.6 Å². The number of amides is 4. The first kappa shape index (κ1) is 56.1. The molecule has 0 N–H and O–H groups in total. The predicted octanol–water partition coefficient (Wildman–Crippen LogP) is 8.54. The summed E-state index contributed by atoms with van der Waals surface area (Å²) >= 11 is 0. The van der Waals surface area contributed by atoms with E-state index in [0.717, 1.165) is 6.92 Å². The summed E-state index contributed by atoms with van der Waals surface area (Å²) in [7, 11) is 0. The molecule has 2 aliphatic heterocycles. The van der Waals surface area contributed by atoms with Crippen LogP contribution in [0.5, 0.6) is 11.5 Å². The van der Waals surface area contributed by atoms with E-state index < -0.39 is 122 Å². The Kier molecular flexibility index (Phi) is 19.0. The van der Waals surface area contributed by atoms with Crippen LogP contribution in [0.1, 0.15) is 126 Å². The smallest absolute Gasteiger partial charge is 0.338 e. The second-order valence-electron chi connectivity index (χ2n) is 18.6. The van der Waals surface area contributed by atoms with Crippen molar-refractivity contribution in [3.63, 3.8) is 0 Å². The van der Waals surface area contributed by atoms with Crippen LogP contribution in [-0.2, 0) is 48.0 Å². The van der Waals surface area contributed by atoms with Gasteiger partial charge < -0.3 is 19.1 Å². The second kappa shape index (κ2) is 21.7. The van der Waals surface area contributed by atoms with Crippen LogP contribution in [-0.4, -0.2) is 57.6 Å². The molecule has 14 nitrogen and oxygen atoms in total. The van der Waals surface area contributed by atoms with Crippen LogP contribution >= 0.6 is 0 Å². The molecule has 2 saturated heterocycles. The van der Waals surface area contributed by atoms with Crippen LogP contribution < -0.4 is 9.47 Å². The standard InChI is InChI=1S/C12H12F4O2.C12H13F3O2.C10H15NO4.C9H13NO4/c1-5-6(13)8(15)9(16)10(7(5)14)18-11(17)12(2,3)4;1-6-5-7(13)9(15)10(8(6)14)17-11(16)12(2,3)4;1-10(2,3)6-9(14)15-11-7(12)4-5-8(11)13;1-9(2,3)8(13)14-10-6(11)4-5-7(10)12/h1-4H3;5H,1-4H3;4-6H2,1-3H3;4-5H2,1-3H3. The van der Waals surface area contributed by atoms with E-state index in [2.05, 4.69) is 9.47 Å². The molecule has 2 heterocycles. The molecule has 2 aromatic carbocycles. The summed E-state index contributed by atoms with van der Waals surface area (Å²) in [4.78, 5) is 99.4. The molecule has 0 bridgehead atoms. The fourth-order valence-corrected chi connectivity index (χ4v) is 4.20. The summed E-state index contributed by atoms with van der Waals surface area (Å²) in [6.07, 6.45) is 0.667. The predicted molar refractivity (Wildman–Crippen MR) is 210 cm³/mol. The van der Waals surface area contributed by atoms with Crippen molar-refractivity contribution in [3.8, 4) is 11.5 Å². The van der Waals surface area contributed by atoms with Crippen LogP contribution in [0.25, 0.3) is 0 Å². The molecule has 0 unspecified atom stereocenters. The maximum atomic E-state index is 13.5. The maximum Gasteiger partial charge on any atom is 0.338 e. The van der Waals surface area contributed by atoms with Crippen LogP contribution in [0.2, 0.25) is 0 Å². The number of esters is 2. The zero-order valence-electron chi connectivity index (χ0n) is 38.1. The van der Waals surface area contributed by atoms with Crippen molar-refractivity contribution in [1.82, 2.24) is 10.1 Å². The molecule has 0 aliphatic carbocycles. The highest BCUT2D eigenvalue weighted by Gasteiger charge is 2.37. The maximum absolute atomic E-state index is 13.5. The monoisotopic (exact) mass is 922 g/mol. The van der Waals surface area contributed by atoms with Gasteiger partial charge in [-0.3, -0.25) is 28.8 Å². The Morgan fingerprint density at radius 1 is 0.500 bits per heavy atom. The number of nitrogens with zero attached hydrogens (tertiary/aromatic N) is 2. The number of halogens is 7. The van der Waals surface area contributed by atoms with E-state index in [1.807, 2.05) is 20.8 Å². The molecule has 0 aromatic heterocycles. The first-order valence-electron chi connectivity index (χ1n) is 19.4. The van der Waals surface area contributed by atoms with Gasteiger partial charge in [-0.2, -0.15) is 8.78 Å². The molecule has 21 heteroatoms. The summed E-state index contributed by atoms with van der Waals surface area (Å²) in [5, 5.41) is 1.14. The fraction of sp³-hybridized carbons (Fsp3) is 0.535. The Hall–Kier alpha value is -5.89. The number of carbonyl (C=O) groups excluding carboxylic acids is 8. The molecule has 0 atom stereocenters. The van der Waals surface area contributed by atoms with Gasteiger partial charge in [-0.15, -0.1) is 10.1 Å². The van der Waals surface area contributed by atoms with Crippen molar-refractivity contribution in [3.05, 3.63) is 57.9 Å². The number of benzene rings is 2. The van der Waals surface area contributed by atoms with Crippen molar-refractivity contribution in [2.45, 2.75) is 129 Å². The molecule has 356 valence electrons. The van der Waals surface area contributed by atoms with Gasteiger partial charge in [-0.05, 0) is 93.2 Å². The van der Waals surface area contributed by atoms with Crippen LogP contribution in [0.15, 0.2) is 6.07 Å². The average molecular weight is 923 g/mol. The summed E-state index contributed by atoms with van der Waals surface area (Å²) < 4.78 is 102. The summed E-state index contributed by atoms with van der Waals surface area (Å²) in [5.41, 5.74) is -3.77. The number of hydrogen-bond donors (Lipinski definition) is 0. The molecule has 64 heavy (non-hydrogen) atoms. The lowest BCUT2D eigenvalue weighted by atomic mass is 9.93. The molecule has 0 radical (unpaired) electrons. The van der Waals surface area contributed by atoms with Gasteiger partial charge in [0.2, 0.25) is 23.1 Å². The number of ether oxygens (including phenoxy) is 2. The Bertz CT molecular complexity index is 2080. The van der Waals surface area contributed by atoms with E-state index in [-0.39, 0.29) is 43.1 Å². The average Bonchev–Trinajstić information content (AvgIpc) is 3.64. The molecule has 4 amide bonds.